The monoisotopic (exact) mass is 464 g/mol. The first-order chi connectivity index (χ1) is 14.5. The molecular weight excluding hydrogens is 446 g/mol. The summed E-state index contributed by atoms with van der Waals surface area (Å²) in [5.41, 5.74) is 0. The molecule has 170 valence electrons. The number of carbonyl (C=O) groups excluding carboxylic acids is 1. The molecule has 1 saturated heterocycles. The van der Waals surface area contributed by atoms with Crippen LogP contribution in [0.2, 0.25) is 0 Å². The second kappa shape index (κ2) is 8.80. The van der Waals surface area contributed by atoms with Crippen LogP contribution in [0.4, 0.5) is 18.6 Å². The first kappa shape index (κ1) is 23.0. The zero-order chi connectivity index (χ0) is 22.9. The van der Waals surface area contributed by atoms with E-state index in [1.165, 1.54) is 19.1 Å². The van der Waals surface area contributed by atoms with Crippen LogP contribution in [0.15, 0.2) is 29.4 Å². The van der Waals surface area contributed by atoms with Crippen LogP contribution in [0.3, 0.4) is 0 Å². The number of hydrogen-bond donors (Lipinski definition) is 4. The van der Waals surface area contributed by atoms with Crippen LogP contribution >= 0.6 is 11.3 Å². The molecular formula is C16H18F2N4O8S. The van der Waals surface area contributed by atoms with Crippen LogP contribution in [-0.2, 0) is 9.47 Å². The number of nitrogens with one attached hydrogen (secondary N) is 1. The molecule has 0 aromatic carbocycles. The van der Waals surface area contributed by atoms with Gasteiger partial charge in [0.2, 0.25) is 12.6 Å². The minimum Gasteiger partial charge on any atom is -0.441 e. The molecule has 3 rings (SSSR count). The maximum absolute atomic E-state index is 14.2. The molecule has 31 heavy (non-hydrogen) atoms. The van der Waals surface area contributed by atoms with Gasteiger partial charge in [-0.15, -0.1) is 0 Å². The van der Waals surface area contributed by atoms with E-state index in [2.05, 4.69) is 10.3 Å². The van der Waals surface area contributed by atoms with Gasteiger partial charge in [-0.05, 0) is 19.1 Å². The molecule has 12 nitrogen and oxygen atoms in total. The number of alkyl halides is 2. The SMILES string of the molecule is CC(OC(=O)NC1=NC(O)N([C@@H]2O[C@H](CO)[C@@H](O)C2(F)F)C=C1)c1ccc([N+](=O)[O-])s1. The van der Waals surface area contributed by atoms with Crippen LogP contribution < -0.4 is 5.32 Å². The van der Waals surface area contributed by atoms with Gasteiger partial charge < -0.3 is 29.7 Å². The maximum atomic E-state index is 14.2. The number of aliphatic hydroxyl groups excluding tert-OH is 3. The molecule has 2 unspecified atom stereocenters. The molecule has 1 fully saturated rings. The van der Waals surface area contributed by atoms with E-state index in [1.54, 1.807) is 0 Å². The van der Waals surface area contributed by atoms with E-state index in [4.69, 9.17) is 14.6 Å². The number of thiophene rings is 1. The predicted molar refractivity (Wildman–Crippen MR) is 100 cm³/mol. The summed E-state index contributed by atoms with van der Waals surface area (Å²) < 4.78 is 38.4. The van der Waals surface area contributed by atoms with Gasteiger partial charge in [0, 0.05) is 12.3 Å². The molecule has 15 heteroatoms. The smallest absolute Gasteiger partial charge is 0.413 e. The normalized spacial score (nSPS) is 28.2. The van der Waals surface area contributed by atoms with Crippen molar-refractivity contribution in [3.63, 3.8) is 0 Å². The van der Waals surface area contributed by atoms with E-state index in [9.17, 15) is 33.9 Å². The first-order valence-corrected chi connectivity index (χ1v) is 9.61. The summed E-state index contributed by atoms with van der Waals surface area (Å²) in [6.07, 6.45) is -7.57. The average molecular weight is 464 g/mol. The molecule has 1 aromatic heterocycles. The number of alkyl carbamates (subject to hydrolysis) is 1. The summed E-state index contributed by atoms with van der Waals surface area (Å²) in [7, 11) is 0. The van der Waals surface area contributed by atoms with Crippen LogP contribution in [0.5, 0.6) is 0 Å². The molecule has 2 aliphatic rings. The number of aliphatic imine (C=N–C) groups is 1. The second-order valence-electron chi connectivity index (χ2n) is 6.56. The zero-order valence-corrected chi connectivity index (χ0v) is 16.6. The van der Waals surface area contributed by atoms with Crippen molar-refractivity contribution >= 4 is 28.3 Å². The third-order valence-electron chi connectivity index (χ3n) is 4.46. The van der Waals surface area contributed by atoms with Gasteiger partial charge in [-0.25, -0.2) is 9.79 Å². The van der Waals surface area contributed by atoms with Crippen molar-refractivity contribution in [2.45, 2.75) is 43.7 Å². The number of amides is 1. The molecule has 0 radical (unpaired) electrons. The third kappa shape index (κ3) is 4.64. The largest absolute Gasteiger partial charge is 0.441 e. The van der Waals surface area contributed by atoms with Crippen molar-refractivity contribution in [3.05, 3.63) is 39.4 Å². The number of ether oxygens (including phenoxy) is 2. The van der Waals surface area contributed by atoms with E-state index < -0.39 is 54.4 Å². The lowest BCUT2D eigenvalue weighted by molar-refractivity contribution is -0.380. The third-order valence-corrected chi connectivity index (χ3v) is 5.66. The quantitative estimate of drug-likeness (QED) is 0.361. The van der Waals surface area contributed by atoms with Crippen LogP contribution in [0, 0.1) is 10.1 Å². The molecule has 0 bridgehead atoms. The van der Waals surface area contributed by atoms with Crippen LogP contribution in [0.25, 0.3) is 0 Å². The number of amidine groups is 1. The molecule has 5 atom stereocenters. The number of halogens is 2. The van der Waals surface area contributed by atoms with Crippen LogP contribution in [-0.4, -0.2) is 74.4 Å². The Morgan fingerprint density at radius 2 is 2.23 bits per heavy atom. The number of rotatable bonds is 5. The highest BCUT2D eigenvalue weighted by atomic mass is 32.1. The van der Waals surface area contributed by atoms with E-state index in [0.29, 0.717) is 9.78 Å². The molecule has 0 saturated carbocycles. The fourth-order valence-electron chi connectivity index (χ4n) is 2.89. The molecule has 3 heterocycles. The van der Waals surface area contributed by atoms with E-state index in [-0.39, 0.29) is 10.8 Å². The summed E-state index contributed by atoms with van der Waals surface area (Å²) in [6, 6.07) is 2.71. The highest BCUT2D eigenvalue weighted by Gasteiger charge is 2.61. The molecule has 0 aliphatic carbocycles. The van der Waals surface area contributed by atoms with Crippen molar-refractivity contribution in [1.29, 1.82) is 0 Å². The number of aliphatic hydroxyl groups is 3. The van der Waals surface area contributed by atoms with Crippen molar-refractivity contribution in [3.8, 4) is 0 Å². The Labute approximate surface area is 177 Å². The minimum atomic E-state index is -3.81. The van der Waals surface area contributed by atoms with Gasteiger partial charge in [0.05, 0.1) is 16.4 Å². The molecule has 2 aliphatic heterocycles. The molecule has 0 spiro atoms. The first-order valence-electron chi connectivity index (χ1n) is 8.80. The van der Waals surface area contributed by atoms with Gasteiger partial charge in [-0.1, -0.05) is 11.3 Å². The molecule has 4 N–H and O–H groups in total. The van der Waals surface area contributed by atoms with Crippen molar-refractivity contribution < 1.29 is 43.3 Å². The zero-order valence-electron chi connectivity index (χ0n) is 15.8. The fourth-order valence-corrected chi connectivity index (χ4v) is 3.69. The Bertz CT molecular complexity index is 910. The van der Waals surface area contributed by atoms with Crippen LogP contribution in [0.1, 0.15) is 17.9 Å². The lowest BCUT2D eigenvalue weighted by atomic mass is 10.1. The highest BCUT2D eigenvalue weighted by molar-refractivity contribution is 7.15. The maximum Gasteiger partial charge on any atom is 0.413 e. The lowest BCUT2D eigenvalue weighted by Crippen LogP contribution is -2.52. The number of nitrogens with zero attached hydrogens (tertiary/aromatic N) is 3. The topological polar surface area (TPSA) is 167 Å². The van der Waals surface area contributed by atoms with Gasteiger partial charge in [0.25, 0.3) is 0 Å². The van der Waals surface area contributed by atoms with E-state index in [1.807, 2.05) is 0 Å². The average Bonchev–Trinajstić information content (AvgIpc) is 3.27. The van der Waals surface area contributed by atoms with Gasteiger partial charge in [0.15, 0.2) is 6.10 Å². The Kier molecular flexibility index (Phi) is 6.51. The Morgan fingerprint density at radius 1 is 1.52 bits per heavy atom. The summed E-state index contributed by atoms with van der Waals surface area (Å²) in [5.74, 6) is -4.02. The van der Waals surface area contributed by atoms with Gasteiger partial charge in [-0.2, -0.15) is 8.78 Å². The standard InChI is InChI=1S/C16H18F2N4O8S/c1-7(9-2-3-11(31-9)22(27)28)29-15(26)20-10-4-5-21(14(25)19-10)13-16(17,18)12(24)8(6-23)30-13/h2-5,7-8,12-14,23-25H,6H2,1H3,(H,19,20,26)/t7?,8-,12-,13-,14?/m1/s1. The van der Waals surface area contributed by atoms with Crippen molar-refractivity contribution in [1.82, 2.24) is 10.2 Å². The predicted octanol–water partition coefficient (Wildman–Crippen LogP) is 0.661. The van der Waals surface area contributed by atoms with E-state index >= 15 is 0 Å². The Balaban J connectivity index is 1.60. The Morgan fingerprint density at radius 3 is 2.77 bits per heavy atom. The number of hydrogen-bond acceptors (Lipinski definition) is 11. The number of carbonyl (C=O) groups is 1. The van der Waals surface area contributed by atoms with Gasteiger partial charge in [0.1, 0.15) is 18.0 Å². The van der Waals surface area contributed by atoms with Crippen molar-refractivity contribution in [2.75, 3.05) is 6.61 Å². The highest BCUT2D eigenvalue weighted by Crippen LogP contribution is 2.39. The summed E-state index contributed by atoms with van der Waals surface area (Å²) in [6.45, 7) is 0.640. The van der Waals surface area contributed by atoms with E-state index in [0.717, 1.165) is 23.6 Å². The second-order valence-corrected chi connectivity index (χ2v) is 7.65. The van der Waals surface area contributed by atoms with Crippen molar-refractivity contribution in [2.24, 2.45) is 4.99 Å². The minimum absolute atomic E-state index is 0.117. The number of nitro groups is 1. The fraction of sp³-hybridized carbons (Fsp3) is 0.500. The summed E-state index contributed by atoms with van der Waals surface area (Å²) in [5, 5.41) is 41.5. The van der Waals surface area contributed by atoms with Gasteiger partial charge >= 0.3 is 17.0 Å². The Hall–Kier alpha value is -2.72. The summed E-state index contributed by atoms with van der Waals surface area (Å²) >= 11 is 0.836. The lowest BCUT2D eigenvalue weighted by Gasteiger charge is -2.34. The summed E-state index contributed by atoms with van der Waals surface area (Å²) in [4.78, 5) is 26.9. The molecule has 1 amide bonds. The molecule has 1 aromatic rings. The van der Waals surface area contributed by atoms with Gasteiger partial charge in [-0.3, -0.25) is 15.4 Å².